The van der Waals surface area contributed by atoms with Gasteiger partial charge in [0.05, 0.1) is 0 Å². The lowest BCUT2D eigenvalue weighted by atomic mass is 10.5. The lowest BCUT2D eigenvalue weighted by molar-refractivity contribution is 0.385. The van der Waals surface area contributed by atoms with Crippen LogP contribution in [0.2, 0.25) is 0 Å². The van der Waals surface area contributed by atoms with E-state index < -0.39 is 10.0 Å². The molecule has 98 valence electrons. The molecule has 0 amide bonds. The van der Waals surface area contributed by atoms with Crippen LogP contribution in [0.5, 0.6) is 0 Å². The SMILES string of the molecule is CSCCCN(C)S(=O)(=O)Cc1cc(Br)no1. The molecule has 0 saturated carbocycles. The van der Waals surface area contributed by atoms with Crippen molar-refractivity contribution in [3.05, 3.63) is 16.4 Å². The number of thioether (sulfide) groups is 1. The van der Waals surface area contributed by atoms with E-state index in [0.29, 0.717) is 16.9 Å². The van der Waals surface area contributed by atoms with Crippen molar-refractivity contribution in [2.45, 2.75) is 12.2 Å². The first kappa shape index (κ1) is 15.0. The first-order valence-corrected chi connectivity index (χ1v) is 8.79. The number of hydrogen-bond acceptors (Lipinski definition) is 5. The average molecular weight is 343 g/mol. The Balaban J connectivity index is 2.55. The van der Waals surface area contributed by atoms with Gasteiger partial charge in [0.1, 0.15) is 10.4 Å². The minimum absolute atomic E-state index is 0.151. The van der Waals surface area contributed by atoms with Gasteiger partial charge in [-0.2, -0.15) is 11.8 Å². The van der Waals surface area contributed by atoms with Gasteiger partial charge in [-0.05, 0) is 34.4 Å². The van der Waals surface area contributed by atoms with E-state index in [2.05, 4.69) is 21.1 Å². The molecule has 0 aliphatic carbocycles. The molecule has 0 aliphatic heterocycles. The maximum Gasteiger partial charge on any atom is 0.221 e. The number of hydrogen-bond donors (Lipinski definition) is 0. The second-order valence-corrected chi connectivity index (χ2v) is 7.41. The van der Waals surface area contributed by atoms with Gasteiger partial charge in [0.2, 0.25) is 10.0 Å². The Morgan fingerprint density at radius 1 is 1.59 bits per heavy atom. The highest BCUT2D eigenvalue weighted by molar-refractivity contribution is 9.10. The van der Waals surface area contributed by atoms with E-state index in [1.807, 2.05) is 6.26 Å². The van der Waals surface area contributed by atoms with E-state index >= 15 is 0 Å². The molecule has 0 aliphatic rings. The summed E-state index contributed by atoms with van der Waals surface area (Å²) in [4.78, 5) is 0. The van der Waals surface area contributed by atoms with Crippen molar-refractivity contribution in [3.8, 4) is 0 Å². The molecule has 0 N–H and O–H groups in total. The van der Waals surface area contributed by atoms with Crippen LogP contribution in [0.1, 0.15) is 12.2 Å². The van der Waals surface area contributed by atoms with Gasteiger partial charge in [0.15, 0.2) is 5.76 Å². The zero-order chi connectivity index (χ0) is 12.9. The van der Waals surface area contributed by atoms with E-state index in [1.165, 1.54) is 4.31 Å². The topological polar surface area (TPSA) is 63.4 Å². The summed E-state index contributed by atoms with van der Waals surface area (Å²) in [6, 6.07) is 1.56. The predicted molar refractivity (Wildman–Crippen MR) is 72.5 cm³/mol. The van der Waals surface area contributed by atoms with E-state index in [4.69, 9.17) is 4.52 Å². The molecule has 0 saturated heterocycles. The molecule has 1 aromatic heterocycles. The van der Waals surface area contributed by atoms with Crippen LogP contribution in [-0.2, 0) is 15.8 Å². The summed E-state index contributed by atoms with van der Waals surface area (Å²) in [5.74, 6) is 1.14. The number of rotatable bonds is 7. The molecule has 1 rings (SSSR count). The Hall–Kier alpha value is -0.0500. The largest absolute Gasteiger partial charge is 0.359 e. The molecule has 0 bridgehead atoms. The van der Waals surface area contributed by atoms with Crippen LogP contribution < -0.4 is 0 Å². The number of aromatic nitrogens is 1. The lowest BCUT2D eigenvalue weighted by Gasteiger charge is -2.15. The van der Waals surface area contributed by atoms with Crippen molar-refractivity contribution in [2.75, 3.05) is 25.6 Å². The third-order valence-electron chi connectivity index (χ3n) is 2.15. The highest BCUT2D eigenvalue weighted by Gasteiger charge is 2.20. The Morgan fingerprint density at radius 2 is 2.29 bits per heavy atom. The van der Waals surface area contributed by atoms with Gasteiger partial charge in [-0.1, -0.05) is 5.16 Å². The second kappa shape index (κ2) is 6.77. The van der Waals surface area contributed by atoms with E-state index in [0.717, 1.165) is 12.2 Å². The van der Waals surface area contributed by atoms with Gasteiger partial charge in [0.25, 0.3) is 0 Å². The molecular weight excluding hydrogens is 328 g/mol. The van der Waals surface area contributed by atoms with Crippen LogP contribution in [0.15, 0.2) is 15.2 Å². The Morgan fingerprint density at radius 3 is 2.82 bits per heavy atom. The molecule has 0 spiro atoms. The van der Waals surface area contributed by atoms with Gasteiger partial charge in [-0.15, -0.1) is 0 Å². The van der Waals surface area contributed by atoms with Gasteiger partial charge in [0, 0.05) is 19.7 Å². The molecule has 5 nitrogen and oxygen atoms in total. The third kappa shape index (κ3) is 4.99. The molecule has 1 aromatic rings. The average Bonchev–Trinajstić information content (AvgIpc) is 2.63. The second-order valence-electron chi connectivity index (χ2n) is 3.54. The molecular formula is C9H15BrN2O3S2. The van der Waals surface area contributed by atoms with Gasteiger partial charge < -0.3 is 4.52 Å². The van der Waals surface area contributed by atoms with Crippen molar-refractivity contribution in [1.29, 1.82) is 0 Å². The van der Waals surface area contributed by atoms with E-state index in [1.54, 1.807) is 24.9 Å². The highest BCUT2D eigenvalue weighted by Crippen LogP contribution is 2.14. The molecule has 0 aromatic carbocycles. The van der Waals surface area contributed by atoms with Crippen LogP contribution in [0.4, 0.5) is 0 Å². The molecule has 0 atom stereocenters. The van der Waals surface area contributed by atoms with Crippen LogP contribution in [0.3, 0.4) is 0 Å². The molecule has 8 heteroatoms. The Kier molecular flexibility index (Phi) is 5.98. The molecule has 0 radical (unpaired) electrons. The van der Waals surface area contributed by atoms with Crippen LogP contribution >= 0.6 is 27.7 Å². The number of sulfonamides is 1. The molecule has 17 heavy (non-hydrogen) atoms. The summed E-state index contributed by atoms with van der Waals surface area (Å²) in [5.41, 5.74) is 0. The third-order valence-corrected chi connectivity index (χ3v) is 5.00. The fourth-order valence-electron chi connectivity index (χ4n) is 1.22. The first-order chi connectivity index (χ1) is 7.95. The Labute approximate surface area is 114 Å². The van der Waals surface area contributed by atoms with Crippen molar-refractivity contribution >= 4 is 37.7 Å². The zero-order valence-electron chi connectivity index (χ0n) is 9.72. The summed E-state index contributed by atoms with van der Waals surface area (Å²) < 4.78 is 30.6. The van der Waals surface area contributed by atoms with E-state index in [-0.39, 0.29) is 5.75 Å². The summed E-state index contributed by atoms with van der Waals surface area (Å²) in [6.07, 6.45) is 2.84. The first-order valence-electron chi connectivity index (χ1n) is 5.00. The fourth-order valence-corrected chi connectivity index (χ4v) is 3.09. The summed E-state index contributed by atoms with van der Waals surface area (Å²) in [6.45, 7) is 0.526. The zero-order valence-corrected chi connectivity index (χ0v) is 12.9. The maximum absolute atomic E-state index is 11.9. The quantitative estimate of drug-likeness (QED) is 0.708. The smallest absolute Gasteiger partial charge is 0.221 e. The standard InChI is InChI=1S/C9H15BrN2O3S2/c1-12(4-3-5-16-2)17(13,14)7-8-6-9(10)11-15-8/h6H,3-5,7H2,1-2H3. The summed E-state index contributed by atoms with van der Waals surface area (Å²) in [7, 11) is -1.73. The fraction of sp³-hybridized carbons (Fsp3) is 0.667. The van der Waals surface area contributed by atoms with Crippen LogP contribution in [0.25, 0.3) is 0 Å². The normalized spacial score (nSPS) is 12.2. The predicted octanol–water partition coefficient (Wildman–Crippen LogP) is 1.95. The minimum atomic E-state index is -3.31. The lowest BCUT2D eigenvalue weighted by Crippen LogP contribution is -2.29. The van der Waals surface area contributed by atoms with Crippen molar-refractivity contribution in [2.24, 2.45) is 0 Å². The molecule has 1 heterocycles. The summed E-state index contributed by atoms with van der Waals surface area (Å²) in [5, 5.41) is 3.59. The van der Waals surface area contributed by atoms with Crippen LogP contribution in [-0.4, -0.2) is 43.5 Å². The van der Waals surface area contributed by atoms with Gasteiger partial charge >= 0.3 is 0 Å². The van der Waals surface area contributed by atoms with Crippen molar-refractivity contribution in [3.63, 3.8) is 0 Å². The summed E-state index contributed by atoms with van der Waals surface area (Å²) >= 11 is 4.82. The molecule has 0 unspecified atom stereocenters. The van der Waals surface area contributed by atoms with Gasteiger partial charge in [-0.3, -0.25) is 0 Å². The number of halogens is 1. The van der Waals surface area contributed by atoms with Crippen molar-refractivity contribution in [1.82, 2.24) is 9.46 Å². The van der Waals surface area contributed by atoms with Crippen LogP contribution in [0, 0.1) is 0 Å². The number of nitrogens with zero attached hydrogens (tertiary/aromatic N) is 2. The maximum atomic E-state index is 11.9. The van der Waals surface area contributed by atoms with E-state index in [9.17, 15) is 8.42 Å². The Bertz CT molecular complexity index is 447. The highest BCUT2D eigenvalue weighted by atomic mass is 79.9. The molecule has 0 fully saturated rings. The minimum Gasteiger partial charge on any atom is -0.359 e. The van der Waals surface area contributed by atoms with Gasteiger partial charge in [-0.25, -0.2) is 12.7 Å². The van der Waals surface area contributed by atoms with Crippen molar-refractivity contribution < 1.29 is 12.9 Å². The monoisotopic (exact) mass is 342 g/mol.